The molecule has 0 atom stereocenters. The summed E-state index contributed by atoms with van der Waals surface area (Å²) < 4.78 is 109. The Morgan fingerprint density at radius 1 is 0.893 bits per heavy atom. The largest absolute Gasteiger partial charge is 0.354 e. The molecule has 1 aromatic heterocycles. The predicted molar refractivity (Wildman–Crippen MR) is 83.5 cm³/mol. The maximum Gasteiger partial charge on any atom is 0.298 e. The Balaban J connectivity index is 2.31. The highest BCUT2D eigenvalue weighted by atomic mass is 32.2. The average Bonchev–Trinajstić information content (AvgIpc) is 2.96. The standard InChI is InChI=1S/C16H8F6N2O3S/c17-8-1-7(2-9(18)5-8)13-12(14(16(21)22)27-24-13)6-3-10(19)15(11(20)4-6)28(23,25)26/h1-5,16H,(H2,23,25,26). The van der Waals surface area contributed by atoms with Gasteiger partial charge < -0.3 is 4.52 Å². The second-order valence-corrected chi connectivity index (χ2v) is 7.04. The Morgan fingerprint density at radius 2 is 1.43 bits per heavy atom. The lowest BCUT2D eigenvalue weighted by atomic mass is 9.98. The fourth-order valence-electron chi connectivity index (χ4n) is 2.59. The zero-order valence-corrected chi connectivity index (χ0v) is 14.2. The molecular weight excluding hydrogens is 414 g/mol. The summed E-state index contributed by atoms with van der Waals surface area (Å²) in [6.45, 7) is 0. The van der Waals surface area contributed by atoms with Gasteiger partial charge in [-0.3, -0.25) is 0 Å². The number of alkyl halides is 2. The third-order valence-electron chi connectivity index (χ3n) is 3.62. The maximum atomic E-state index is 14.1. The molecule has 0 spiro atoms. The lowest BCUT2D eigenvalue weighted by Crippen LogP contribution is -2.16. The van der Waals surface area contributed by atoms with Gasteiger partial charge in [0, 0.05) is 11.6 Å². The normalized spacial score (nSPS) is 12.0. The van der Waals surface area contributed by atoms with Crippen molar-refractivity contribution >= 4 is 10.0 Å². The summed E-state index contributed by atoms with van der Waals surface area (Å²) in [6, 6.07) is 2.83. The first-order valence-electron chi connectivity index (χ1n) is 7.25. The number of hydrogen-bond acceptors (Lipinski definition) is 4. The number of sulfonamides is 1. The SMILES string of the molecule is NS(=O)(=O)c1c(F)cc(-c2c(-c3cc(F)cc(F)c3)noc2C(F)F)cc1F. The summed E-state index contributed by atoms with van der Waals surface area (Å²) in [5, 5.41) is 8.04. The number of halogens is 6. The van der Waals surface area contributed by atoms with E-state index in [4.69, 9.17) is 5.14 Å². The van der Waals surface area contributed by atoms with E-state index in [2.05, 4.69) is 9.68 Å². The first-order chi connectivity index (χ1) is 13.0. The highest BCUT2D eigenvalue weighted by Gasteiger charge is 2.29. The Morgan fingerprint density at radius 3 is 1.89 bits per heavy atom. The van der Waals surface area contributed by atoms with Crippen molar-refractivity contribution in [2.45, 2.75) is 11.3 Å². The van der Waals surface area contributed by atoms with Gasteiger partial charge >= 0.3 is 0 Å². The van der Waals surface area contributed by atoms with Crippen molar-refractivity contribution in [1.29, 1.82) is 0 Å². The zero-order chi connectivity index (χ0) is 20.8. The Kier molecular flexibility index (Phi) is 4.93. The molecule has 0 fully saturated rings. The lowest BCUT2D eigenvalue weighted by Gasteiger charge is -2.08. The maximum absolute atomic E-state index is 14.1. The van der Waals surface area contributed by atoms with E-state index in [1.807, 2.05) is 0 Å². The summed E-state index contributed by atoms with van der Waals surface area (Å²) in [6.07, 6.45) is -3.31. The minimum Gasteiger partial charge on any atom is -0.354 e. The van der Waals surface area contributed by atoms with Crippen LogP contribution in [0.25, 0.3) is 22.4 Å². The third kappa shape index (κ3) is 3.60. The number of rotatable bonds is 4. The van der Waals surface area contributed by atoms with Crippen molar-refractivity contribution in [2.24, 2.45) is 5.14 Å². The molecule has 0 unspecified atom stereocenters. The molecule has 1 heterocycles. The van der Waals surface area contributed by atoms with E-state index >= 15 is 0 Å². The minimum absolute atomic E-state index is 0.348. The Bertz CT molecular complexity index is 1130. The number of nitrogens with zero attached hydrogens (tertiary/aromatic N) is 1. The van der Waals surface area contributed by atoms with Gasteiger partial charge in [-0.15, -0.1) is 0 Å². The molecule has 0 saturated heterocycles. The molecule has 0 radical (unpaired) electrons. The van der Waals surface area contributed by atoms with Gasteiger partial charge in [0.1, 0.15) is 29.0 Å². The van der Waals surface area contributed by atoms with Gasteiger partial charge in [-0.1, -0.05) is 5.16 Å². The predicted octanol–water partition coefficient (Wildman–Crippen LogP) is 4.15. The van der Waals surface area contributed by atoms with Crippen molar-refractivity contribution in [2.75, 3.05) is 0 Å². The Hall–Kier alpha value is -2.86. The van der Waals surface area contributed by atoms with Gasteiger partial charge in [0.15, 0.2) is 4.90 Å². The number of hydrogen-bond donors (Lipinski definition) is 1. The van der Waals surface area contributed by atoms with Crippen LogP contribution in [0.4, 0.5) is 26.3 Å². The summed E-state index contributed by atoms with van der Waals surface area (Å²) in [4.78, 5) is -1.47. The fraction of sp³-hybridized carbons (Fsp3) is 0.0625. The molecule has 3 aromatic rings. The lowest BCUT2D eigenvalue weighted by molar-refractivity contribution is 0.113. The van der Waals surface area contributed by atoms with Crippen molar-refractivity contribution in [3.8, 4) is 22.4 Å². The highest BCUT2D eigenvalue weighted by Crippen LogP contribution is 2.40. The fourth-order valence-corrected chi connectivity index (χ4v) is 3.26. The molecule has 2 N–H and O–H groups in total. The first kappa shape index (κ1) is 19.9. The van der Waals surface area contributed by atoms with E-state index in [0.717, 1.165) is 12.1 Å². The van der Waals surface area contributed by atoms with Gasteiger partial charge in [0.25, 0.3) is 6.43 Å². The van der Waals surface area contributed by atoms with Crippen LogP contribution in [0.1, 0.15) is 12.2 Å². The summed E-state index contributed by atoms with van der Waals surface area (Å²) in [7, 11) is -4.79. The third-order valence-corrected chi connectivity index (χ3v) is 4.58. The van der Waals surface area contributed by atoms with Gasteiger partial charge in [-0.05, 0) is 29.8 Å². The number of benzene rings is 2. The number of aromatic nitrogens is 1. The highest BCUT2D eigenvalue weighted by molar-refractivity contribution is 7.89. The van der Waals surface area contributed by atoms with E-state index < -0.39 is 67.2 Å². The van der Waals surface area contributed by atoms with Crippen LogP contribution in [0, 0.1) is 23.3 Å². The topological polar surface area (TPSA) is 86.2 Å². The van der Waals surface area contributed by atoms with Crippen LogP contribution >= 0.6 is 0 Å². The monoisotopic (exact) mass is 422 g/mol. The molecule has 0 aliphatic carbocycles. The Labute approximate surface area is 153 Å². The van der Waals surface area contributed by atoms with Crippen LogP contribution in [-0.4, -0.2) is 13.6 Å². The van der Waals surface area contributed by atoms with Crippen molar-refractivity contribution in [1.82, 2.24) is 5.16 Å². The van der Waals surface area contributed by atoms with Crippen LogP contribution in [0.5, 0.6) is 0 Å². The van der Waals surface area contributed by atoms with Gasteiger partial charge in [-0.25, -0.2) is 39.9 Å². The van der Waals surface area contributed by atoms with E-state index in [9.17, 15) is 34.8 Å². The molecule has 148 valence electrons. The first-order valence-corrected chi connectivity index (χ1v) is 8.80. The minimum atomic E-state index is -4.79. The summed E-state index contributed by atoms with van der Waals surface area (Å²) in [5.74, 6) is -6.58. The van der Waals surface area contributed by atoms with Crippen molar-refractivity contribution in [3.63, 3.8) is 0 Å². The van der Waals surface area contributed by atoms with Crippen molar-refractivity contribution < 1.29 is 39.3 Å². The van der Waals surface area contributed by atoms with Crippen LogP contribution in [0.15, 0.2) is 39.8 Å². The molecule has 0 amide bonds. The van der Waals surface area contributed by atoms with Gasteiger partial charge in [0.2, 0.25) is 15.8 Å². The molecule has 5 nitrogen and oxygen atoms in total. The summed E-state index contributed by atoms with van der Waals surface area (Å²) >= 11 is 0. The van der Waals surface area contributed by atoms with Crippen LogP contribution in [-0.2, 0) is 10.0 Å². The molecule has 28 heavy (non-hydrogen) atoms. The summed E-state index contributed by atoms with van der Waals surface area (Å²) in [5.41, 5.74) is -2.15. The molecule has 12 heteroatoms. The average molecular weight is 422 g/mol. The molecular formula is C16H8F6N2O3S. The van der Waals surface area contributed by atoms with Crippen LogP contribution in [0.3, 0.4) is 0 Å². The van der Waals surface area contributed by atoms with Gasteiger partial charge in [-0.2, -0.15) is 0 Å². The number of nitrogens with two attached hydrogens (primary N) is 1. The van der Waals surface area contributed by atoms with Gasteiger partial charge in [0.05, 0.1) is 5.56 Å². The second-order valence-electron chi connectivity index (χ2n) is 5.54. The second kappa shape index (κ2) is 6.95. The van der Waals surface area contributed by atoms with Crippen LogP contribution < -0.4 is 5.14 Å². The van der Waals surface area contributed by atoms with E-state index in [1.165, 1.54) is 0 Å². The van der Waals surface area contributed by atoms with Crippen molar-refractivity contribution in [3.05, 3.63) is 59.4 Å². The van der Waals surface area contributed by atoms with E-state index in [-0.39, 0.29) is 5.56 Å². The van der Waals surface area contributed by atoms with E-state index in [1.54, 1.807) is 0 Å². The number of primary sulfonamides is 1. The zero-order valence-electron chi connectivity index (χ0n) is 13.4. The molecule has 0 aliphatic rings. The molecule has 0 aliphatic heterocycles. The quantitative estimate of drug-likeness (QED) is 0.640. The van der Waals surface area contributed by atoms with E-state index in [0.29, 0.717) is 18.2 Å². The molecule has 0 bridgehead atoms. The molecule has 3 rings (SSSR count). The molecule has 0 saturated carbocycles. The molecule has 2 aromatic carbocycles. The van der Waals surface area contributed by atoms with Crippen LogP contribution in [0.2, 0.25) is 0 Å². The smallest absolute Gasteiger partial charge is 0.298 e.